The van der Waals surface area contributed by atoms with E-state index in [0.29, 0.717) is 37.2 Å². The molecule has 0 radical (unpaired) electrons. The van der Waals surface area contributed by atoms with E-state index in [-0.39, 0.29) is 17.8 Å². The number of carbonyl (C=O) groups is 2. The Balaban J connectivity index is 2.05. The van der Waals surface area contributed by atoms with Gasteiger partial charge in [0.25, 0.3) is 0 Å². The third-order valence-corrected chi connectivity index (χ3v) is 4.35. The lowest BCUT2D eigenvalue weighted by Gasteiger charge is -2.29. The van der Waals surface area contributed by atoms with Gasteiger partial charge in [0.05, 0.1) is 7.11 Å². The number of primary amides is 1. The van der Waals surface area contributed by atoms with Gasteiger partial charge in [0.15, 0.2) is 0 Å². The van der Waals surface area contributed by atoms with Crippen LogP contribution in [0.3, 0.4) is 0 Å². The Morgan fingerprint density at radius 1 is 1.38 bits per heavy atom. The van der Waals surface area contributed by atoms with Gasteiger partial charge >= 0.3 is 6.03 Å². The summed E-state index contributed by atoms with van der Waals surface area (Å²) in [7, 11) is 1.54. The van der Waals surface area contributed by atoms with Crippen LogP contribution in [-0.4, -0.2) is 43.1 Å². The molecule has 1 aromatic rings. The molecule has 0 bridgehead atoms. The van der Waals surface area contributed by atoms with Crippen LogP contribution in [-0.2, 0) is 4.79 Å². The fraction of sp³-hybridized carbons (Fsp3) is 0.474. The molecular formula is C19H26FN3O3. The summed E-state index contributed by atoms with van der Waals surface area (Å²) in [5.74, 6) is -0.0352. The molecule has 1 atom stereocenters. The number of ether oxygens (including phenoxy) is 1. The van der Waals surface area contributed by atoms with Crippen molar-refractivity contribution in [2.24, 2.45) is 11.7 Å². The van der Waals surface area contributed by atoms with Crippen LogP contribution in [0.1, 0.15) is 32.3 Å². The summed E-state index contributed by atoms with van der Waals surface area (Å²) in [6.07, 6.45) is 2.94. The summed E-state index contributed by atoms with van der Waals surface area (Å²) in [5, 5.41) is 2.70. The Kier molecular flexibility index (Phi) is 6.60. The largest absolute Gasteiger partial charge is 0.496 e. The minimum atomic E-state index is -0.684. The van der Waals surface area contributed by atoms with Crippen molar-refractivity contribution in [3.05, 3.63) is 35.7 Å². The summed E-state index contributed by atoms with van der Waals surface area (Å²) in [6, 6.07) is 3.37. The standard InChI is InChI=1S/C19H26FN3O3/c1-12(2)10-16(18(21)24)22-19(25)23-8-6-13(7-9-23)15-11-14(20)4-5-17(15)26-3/h4-6,11-12,16H,7-10H2,1-3H3,(H2,21,24)(H,22,25). The maximum Gasteiger partial charge on any atom is 0.318 e. The molecule has 0 saturated heterocycles. The molecule has 0 aromatic heterocycles. The molecule has 1 heterocycles. The van der Waals surface area contributed by atoms with Crippen LogP contribution in [0.15, 0.2) is 24.3 Å². The monoisotopic (exact) mass is 363 g/mol. The van der Waals surface area contributed by atoms with Crippen molar-refractivity contribution in [2.75, 3.05) is 20.2 Å². The van der Waals surface area contributed by atoms with Gasteiger partial charge in [-0.3, -0.25) is 4.79 Å². The van der Waals surface area contributed by atoms with Crippen molar-refractivity contribution in [3.8, 4) is 5.75 Å². The Hall–Kier alpha value is -2.57. The van der Waals surface area contributed by atoms with Crippen molar-refractivity contribution in [2.45, 2.75) is 32.7 Å². The molecule has 1 aliphatic heterocycles. The van der Waals surface area contributed by atoms with Gasteiger partial charge < -0.3 is 20.7 Å². The molecule has 26 heavy (non-hydrogen) atoms. The molecular weight excluding hydrogens is 337 g/mol. The van der Waals surface area contributed by atoms with E-state index in [2.05, 4.69) is 5.32 Å². The second kappa shape index (κ2) is 8.69. The highest BCUT2D eigenvalue weighted by Crippen LogP contribution is 2.30. The summed E-state index contributed by atoms with van der Waals surface area (Å²) >= 11 is 0. The molecule has 3 amide bonds. The van der Waals surface area contributed by atoms with E-state index in [1.165, 1.54) is 12.1 Å². The van der Waals surface area contributed by atoms with Crippen LogP contribution < -0.4 is 15.8 Å². The van der Waals surface area contributed by atoms with Gasteiger partial charge in [-0.15, -0.1) is 0 Å². The highest BCUT2D eigenvalue weighted by Gasteiger charge is 2.24. The fourth-order valence-electron chi connectivity index (χ4n) is 2.99. The third kappa shape index (κ3) is 4.97. The molecule has 0 fully saturated rings. The highest BCUT2D eigenvalue weighted by atomic mass is 19.1. The van der Waals surface area contributed by atoms with E-state index in [9.17, 15) is 14.0 Å². The van der Waals surface area contributed by atoms with Crippen molar-refractivity contribution in [3.63, 3.8) is 0 Å². The zero-order chi connectivity index (χ0) is 19.3. The van der Waals surface area contributed by atoms with Gasteiger partial charge in [0, 0.05) is 18.7 Å². The smallest absolute Gasteiger partial charge is 0.318 e. The number of carbonyl (C=O) groups excluding carboxylic acids is 2. The van der Waals surface area contributed by atoms with Gasteiger partial charge in [0.2, 0.25) is 5.91 Å². The minimum Gasteiger partial charge on any atom is -0.496 e. The summed E-state index contributed by atoms with van der Waals surface area (Å²) < 4.78 is 18.9. The average molecular weight is 363 g/mol. The van der Waals surface area contributed by atoms with Crippen molar-refractivity contribution < 1.29 is 18.7 Å². The highest BCUT2D eigenvalue weighted by molar-refractivity contribution is 5.86. The third-order valence-electron chi connectivity index (χ3n) is 4.35. The number of halogens is 1. The Labute approximate surface area is 153 Å². The summed E-state index contributed by atoms with van der Waals surface area (Å²) in [6.45, 7) is 4.76. The molecule has 2 rings (SSSR count). The Morgan fingerprint density at radius 2 is 2.12 bits per heavy atom. The molecule has 3 N–H and O–H groups in total. The molecule has 7 heteroatoms. The van der Waals surface area contributed by atoms with Crippen LogP contribution in [0.2, 0.25) is 0 Å². The first kappa shape index (κ1) is 19.8. The maximum absolute atomic E-state index is 13.6. The van der Waals surface area contributed by atoms with Crippen molar-refractivity contribution in [1.82, 2.24) is 10.2 Å². The van der Waals surface area contributed by atoms with E-state index in [1.54, 1.807) is 18.1 Å². The lowest BCUT2D eigenvalue weighted by molar-refractivity contribution is -0.120. The normalized spacial score (nSPS) is 15.4. The molecule has 1 aromatic carbocycles. The molecule has 6 nitrogen and oxygen atoms in total. The van der Waals surface area contributed by atoms with Gasteiger partial charge in [-0.05, 0) is 42.5 Å². The first-order valence-electron chi connectivity index (χ1n) is 8.69. The number of nitrogens with one attached hydrogen (secondary N) is 1. The van der Waals surface area contributed by atoms with Gasteiger partial charge in [-0.25, -0.2) is 9.18 Å². The number of rotatable bonds is 6. The number of benzene rings is 1. The Bertz CT molecular complexity index is 703. The molecule has 142 valence electrons. The van der Waals surface area contributed by atoms with Crippen LogP contribution in [0.4, 0.5) is 9.18 Å². The van der Waals surface area contributed by atoms with Crippen molar-refractivity contribution in [1.29, 1.82) is 0 Å². The van der Waals surface area contributed by atoms with Gasteiger partial charge in [0.1, 0.15) is 17.6 Å². The van der Waals surface area contributed by atoms with E-state index in [1.807, 2.05) is 19.9 Å². The SMILES string of the molecule is COc1ccc(F)cc1C1=CCN(C(=O)NC(CC(C)C)C(N)=O)CC1. The zero-order valence-electron chi connectivity index (χ0n) is 15.4. The number of hydrogen-bond acceptors (Lipinski definition) is 3. The fourth-order valence-corrected chi connectivity index (χ4v) is 2.99. The lowest BCUT2D eigenvalue weighted by atomic mass is 9.98. The minimum absolute atomic E-state index is 0.237. The summed E-state index contributed by atoms with van der Waals surface area (Å²) in [4.78, 5) is 25.5. The molecule has 0 saturated carbocycles. The first-order chi connectivity index (χ1) is 12.3. The van der Waals surface area contributed by atoms with Gasteiger partial charge in [-0.1, -0.05) is 19.9 Å². The molecule has 1 aliphatic rings. The number of nitrogens with zero attached hydrogens (tertiary/aromatic N) is 1. The van der Waals surface area contributed by atoms with E-state index >= 15 is 0 Å². The number of urea groups is 1. The predicted molar refractivity (Wildman–Crippen MR) is 98.1 cm³/mol. The second-order valence-corrected chi connectivity index (χ2v) is 6.80. The van der Waals surface area contributed by atoms with E-state index in [4.69, 9.17) is 10.5 Å². The average Bonchev–Trinajstić information content (AvgIpc) is 2.60. The number of hydrogen-bond donors (Lipinski definition) is 2. The van der Waals surface area contributed by atoms with Gasteiger partial charge in [-0.2, -0.15) is 0 Å². The molecule has 1 unspecified atom stereocenters. The zero-order valence-corrected chi connectivity index (χ0v) is 15.4. The van der Waals surface area contributed by atoms with Crippen LogP contribution >= 0.6 is 0 Å². The van der Waals surface area contributed by atoms with E-state index in [0.717, 1.165) is 5.57 Å². The topological polar surface area (TPSA) is 84.7 Å². The van der Waals surface area contributed by atoms with Crippen molar-refractivity contribution >= 4 is 17.5 Å². The summed E-state index contributed by atoms with van der Waals surface area (Å²) in [5.41, 5.74) is 7.00. The molecule has 0 spiro atoms. The van der Waals surface area contributed by atoms with Crippen LogP contribution in [0, 0.1) is 11.7 Å². The van der Waals surface area contributed by atoms with Crippen LogP contribution in [0.25, 0.3) is 5.57 Å². The quantitative estimate of drug-likeness (QED) is 0.814. The maximum atomic E-state index is 13.6. The number of amides is 3. The second-order valence-electron chi connectivity index (χ2n) is 6.80. The van der Waals surface area contributed by atoms with Crippen LogP contribution in [0.5, 0.6) is 5.75 Å². The molecule has 0 aliphatic carbocycles. The number of methoxy groups -OCH3 is 1. The number of nitrogens with two attached hydrogens (primary N) is 1. The predicted octanol–water partition coefficient (Wildman–Crippen LogP) is 2.53. The van der Waals surface area contributed by atoms with E-state index < -0.39 is 11.9 Å². The first-order valence-corrected chi connectivity index (χ1v) is 8.69. The lowest BCUT2D eigenvalue weighted by Crippen LogP contribution is -2.51. The Morgan fingerprint density at radius 3 is 2.65 bits per heavy atom.